The molecule has 5 rings (SSSR count). The number of rotatable bonds is 5. The number of aromatic nitrogens is 4. The van der Waals surface area contributed by atoms with Crippen molar-refractivity contribution < 1.29 is 9.84 Å². The predicted octanol–water partition coefficient (Wildman–Crippen LogP) is 4.29. The van der Waals surface area contributed by atoms with Crippen LogP contribution in [0.2, 0.25) is 0 Å². The number of anilines is 1. The van der Waals surface area contributed by atoms with Crippen molar-refractivity contribution in [2.24, 2.45) is 10.9 Å². The van der Waals surface area contributed by atoms with Crippen LogP contribution in [0.3, 0.4) is 0 Å². The van der Waals surface area contributed by atoms with E-state index in [9.17, 15) is 5.11 Å². The average Bonchev–Trinajstić information content (AvgIpc) is 3.08. The van der Waals surface area contributed by atoms with Crippen molar-refractivity contribution in [1.82, 2.24) is 19.9 Å². The Balaban J connectivity index is 1.44. The van der Waals surface area contributed by atoms with E-state index in [0.717, 1.165) is 71.3 Å². The first-order valence-corrected chi connectivity index (χ1v) is 12.2. The van der Waals surface area contributed by atoms with Gasteiger partial charge in [0, 0.05) is 23.4 Å². The van der Waals surface area contributed by atoms with Crippen LogP contribution < -0.4 is 9.64 Å². The second-order valence-electron chi connectivity index (χ2n) is 9.50. The summed E-state index contributed by atoms with van der Waals surface area (Å²) in [4.78, 5) is 23.2. The number of aliphatic hydroxyl groups excluding tert-OH is 1. The molecular weight excluding hydrogens is 440 g/mol. The zero-order valence-electron chi connectivity index (χ0n) is 20.6. The topological polar surface area (TPSA) is 99.5 Å². The fraction of sp³-hybridized carbons (Fsp3) is 0.407. The Bertz CT molecular complexity index is 1280. The van der Waals surface area contributed by atoms with Crippen molar-refractivity contribution in [3.8, 4) is 5.75 Å². The number of hydrogen-bond acceptors (Lipinski definition) is 7. The van der Waals surface area contributed by atoms with Crippen molar-refractivity contribution in [1.29, 1.82) is 0 Å². The van der Waals surface area contributed by atoms with E-state index in [1.54, 1.807) is 6.33 Å². The molecule has 2 unspecified atom stereocenters. The first kappa shape index (κ1) is 23.2. The molecule has 35 heavy (non-hydrogen) atoms. The summed E-state index contributed by atoms with van der Waals surface area (Å²) in [6.45, 7) is 11.6. The second kappa shape index (κ2) is 9.62. The van der Waals surface area contributed by atoms with Gasteiger partial charge < -0.3 is 19.7 Å². The van der Waals surface area contributed by atoms with Crippen LogP contribution in [0.15, 0.2) is 29.5 Å². The first-order chi connectivity index (χ1) is 16.9. The largest absolute Gasteiger partial charge is 0.491 e. The lowest BCUT2D eigenvalue weighted by Crippen LogP contribution is -2.31. The number of nitrogens with one attached hydrogen (secondary N) is 1. The first-order valence-electron chi connectivity index (χ1n) is 12.2. The van der Waals surface area contributed by atoms with Crippen molar-refractivity contribution in [3.63, 3.8) is 0 Å². The molecule has 2 atom stereocenters. The number of nitrogens with zero attached hydrogens (tertiary/aromatic N) is 5. The van der Waals surface area contributed by atoms with Crippen LogP contribution in [-0.2, 0) is 19.4 Å². The summed E-state index contributed by atoms with van der Waals surface area (Å²) in [5.41, 5.74) is 6.46. The number of H-pyrrole nitrogens is 1. The molecule has 0 saturated carbocycles. The number of aryl methyl sites for hydroxylation is 1. The molecule has 1 aliphatic heterocycles. The molecule has 2 N–H and O–H groups in total. The monoisotopic (exact) mass is 472 g/mol. The van der Waals surface area contributed by atoms with Gasteiger partial charge in [0.05, 0.1) is 18.3 Å². The maximum absolute atomic E-state index is 10.1. The zero-order chi connectivity index (χ0) is 24.5. The summed E-state index contributed by atoms with van der Waals surface area (Å²) in [5, 5.41) is 10.1. The molecule has 8 nitrogen and oxygen atoms in total. The van der Waals surface area contributed by atoms with Crippen LogP contribution in [0, 0.1) is 12.8 Å². The Kier molecular flexibility index (Phi) is 6.38. The second-order valence-corrected chi connectivity index (χ2v) is 9.50. The van der Waals surface area contributed by atoms with E-state index in [4.69, 9.17) is 9.72 Å². The van der Waals surface area contributed by atoms with E-state index >= 15 is 0 Å². The van der Waals surface area contributed by atoms with Crippen LogP contribution in [-0.4, -0.2) is 51.0 Å². The molecule has 0 saturated heterocycles. The maximum atomic E-state index is 10.1. The van der Waals surface area contributed by atoms with Gasteiger partial charge in [-0.3, -0.25) is 0 Å². The number of benzene rings is 1. The van der Waals surface area contributed by atoms with E-state index in [1.807, 2.05) is 13.8 Å². The van der Waals surface area contributed by atoms with Crippen LogP contribution in [0.4, 0.5) is 11.6 Å². The minimum atomic E-state index is -0.321. The molecule has 3 aromatic rings. The molecule has 3 heterocycles. The Morgan fingerprint density at radius 3 is 3.03 bits per heavy atom. The minimum absolute atomic E-state index is 0.256. The fourth-order valence-corrected chi connectivity index (χ4v) is 5.07. The Hall–Kier alpha value is -3.52. The van der Waals surface area contributed by atoms with Crippen molar-refractivity contribution >= 4 is 30.0 Å². The quantitative estimate of drug-likeness (QED) is 0.538. The number of hydrogen-bond donors (Lipinski definition) is 2. The van der Waals surface area contributed by atoms with Gasteiger partial charge in [0.15, 0.2) is 5.82 Å². The molecule has 0 amide bonds. The van der Waals surface area contributed by atoms with Gasteiger partial charge in [0.1, 0.15) is 30.3 Å². The van der Waals surface area contributed by atoms with Gasteiger partial charge in [-0.25, -0.2) is 19.9 Å². The molecule has 8 heteroatoms. The third kappa shape index (κ3) is 4.71. The van der Waals surface area contributed by atoms with E-state index < -0.39 is 0 Å². The molecule has 1 aromatic carbocycles. The molecule has 0 spiro atoms. The van der Waals surface area contributed by atoms with Crippen LogP contribution in [0.25, 0.3) is 11.6 Å². The molecule has 1 aliphatic carbocycles. The molecule has 2 aromatic heterocycles. The SMILES string of the molecule is C=Nc1nc(C)[nH]c1C=C(C)c1ccc2c(c1)CN(c1ncnc3c1CCC(C(C)O)C3)CCO2. The number of aliphatic hydroxyl groups is 1. The predicted molar refractivity (Wildman–Crippen MR) is 138 cm³/mol. The summed E-state index contributed by atoms with van der Waals surface area (Å²) < 4.78 is 6.11. The summed E-state index contributed by atoms with van der Waals surface area (Å²) in [5.74, 6) is 3.57. The normalized spacial score (nSPS) is 18.8. The Morgan fingerprint density at radius 1 is 1.37 bits per heavy atom. The number of imidazole rings is 1. The van der Waals surface area contributed by atoms with E-state index in [2.05, 4.69) is 62.8 Å². The zero-order valence-corrected chi connectivity index (χ0v) is 20.6. The van der Waals surface area contributed by atoms with Gasteiger partial charge in [-0.15, -0.1) is 0 Å². The van der Waals surface area contributed by atoms with Gasteiger partial charge in [-0.2, -0.15) is 0 Å². The molecule has 2 aliphatic rings. The molecule has 0 radical (unpaired) electrons. The van der Waals surface area contributed by atoms with E-state index in [0.29, 0.717) is 19.0 Å². The standard InChI is InChI=1S/C27H32N6O2/c1-16(11-24-26(28-4)32-18(3)31-24)19-6-8-25-21(12-19)14-33(9-10-35-25)27-22-7-5-20(17(2)34)13-23(22)29-15-30-27/h6,8,11-12,15,17,20,34H,4-5,7,9-10,13-14H2,1-3H3,(H,31,32). The average molecular weight is 473 g/mol. The van der Waals surface area contributed by atoms with Crippen molar-refractivity contribution in [3.05, 3.63) is 58.4 Å². The molecular formula is C27H32N6O2. The summed E-state index contributed by atoms with van der Waals surface area (Å²) >= 11 is 0. The van der Waals surface area contributed by atoms with Crippen LogP contribution in [0.1, 0.15) is 54.2 Å². The number of ether oxygens (including phenoxy) is 1. The van der Waals surface area contributed by atoms with Gasteiger partial charge in [-0.05, 0) is 82.0 Å². The van der Waals surface area contributed by atoms with E-state index in [-0.39, 0.29) is 12.0 Å². The minimum Gasteiger partial charge on any atom is -0.491 e. The van der Waals surface area contributed by atoms with Crippen molar-refractivity contribution in [2.45, 2.75) is 52.7 Å². The third-order valence-corrected chi connectivity index (χ3v) is 7.05. The van der Waals surface area contributed by atoms with Crippen LogP contribution >= 0.6 is 0 Å². The molecule has 0 fully saturated rings. The van der Waals surface area contributed by atoms with E-state index in [1.165, 1.54) is 5.56 Å². The maximum Gasteiger partial charge on any atom is 0.177 e. The highest BCUT2D eigenvalue weighted by molar-refractivity contribution is 5.82. The summed E-state index contributed by atoms with van der Waals surface area (Å²) in [7, 11) is 0. The summed E-state index contributed by atoms with van der Waals surface area (Å²) in [6, 6.07) is 6.34. The van der Waals surface area contributed by atoms with Gasteiger partial charge in [0.25, 0.3) is 0 Å². The van der Waals surface area contributed by atoms with Crippen molar-refractivity contribution in [2.75, 3.05) is 18.1 Å². The Labute approximate surface area is 205 Å². The Morgan fingerprint density at radius 2 is 2.23 bits per heavy atom. The smallest absolute Gasteiger partial charge is 0.177 e. The van der Waals surface area contributed by atoms with Gasteiger partial charge in [-0.1, -0.05) is 6.07 Å². The number of fused-ring (bicyclic) bond motifs is 2. The lowest BCUT2D eigenvalue weighted by molar-refractivity contribution is 0.116. The number of aliphatic imine (C=N–C) groups is 1. The number of allylic oxidation sites excluding steroid dienone is 1. The van der Waals surface area contributed by atoms with Gasteiger partial charge in [0.2, 0.25) is 0 Å². The summed E-state index contributed by atoms with van der Waals surface area (Å²) in [6.07, 6.45) is 6.03. The molecule has 0 bridgehead atoms. The lowest BCUT2D eigenvalue weighted by atomic mass is 9.84. The highest BCUT2D eigenvalue weighted by atomic mass is 16.5. The third-order valence-electron chi connectivity index (χ3n) is 7.05. The molecule has 182 valence electrons. The van der Waals surface area contributed by atoms with Crippen LogP contribution in [0.5, 0.6) is 5.75 Å². The van der Waals surface area contributed by atoms with Gasteiger partial charge >= 0.3 is 0 Å². The number of aromatic amines is 1. The highest BCUT2D eigenvalue weighted by Gasteiger charge is 2.28. The fourth-order valence-electron chi connectivity index (χ4n) is 5.07. The highest BCUT2D eigenvalue weighted by Crippen LogP contribution is 2.34. The lowest BCUT2D eigenvalue weighted by Gasteiger charge is -2.30.